The van der Waals surface area contributed by atoms with E-state index in [2.05, 4.69) is 5.32 Å². The van der Waals surface area contributed by atoms with Crippen molar-refractivity contribution >= 4 is 11.6 Å². The molecule has 1 heterocycles. The summed E-state index contributed by atoms with van der Waals surface area (Å²) in [6, 6.07) is 12.9. The van der Waals surface area contributed by atoms with Crippen molar-refractivity contribution in [2.24, 2.45) is 0 Å². The van der Waals surface area contributed by atoms with E-state index in [-0.39, 0.29) is 24.2 Å². The number of hydrogen-bond donors (Lipinski definition) is 1. The number of halogens is 2. The lowest BCUT2D eigenvalue weighted by Gasteiger charge is -2.24. The maximum absolute atomic E-state index is 13.7. The van der Waals surface area contributed by atoms with Crippen molar-refractivity contribution in [2.45, 2.75) is 25.5 Å². The minimum Gasteiger partial charge on any atom is -0.377 e. The molecule has 0 bridgehead atoms. The standard InChI is InChI=1S/C20H22F2N2O2/c21-16-8-9-19(18(22)11-16)23-20(25)14-24(13-17-7-4-10-26-17)12-15-5-2-1-3-6-15/h1-3,5-6,8-9,11,17H,4,7,10,12-14H2,(H,23,25). The zero-order chi connectivity index (χ0) is 18.4. The van der Waals surface area contributed by atoms with Crippen molar-refractivity contribution < 1.29 is 18.3 Å². The third kappa shape index (κ3) is 5.34. The van der Waals surface area contributed by atoms with Crippen LogP contribution in [0.2, 0.25) is 0 Å². The molecule has 1 aliphatic rings. The van der Waals surface area contributed by atoms with E-state index in [9.17, 15) is 13.6 Å². The number of rotatable bonds is 7. The molecule has 4 nitrogen and oxygen atoms in total. The number of nitrogens with one attached hydrogen (secondary N) is 1. The fraction of sp³-hybridized carbons (Fsp3) is 0.350. The van der Waals surface area contributed by atoms with E-state index in [1.807, 2.05) is 35.2 Å². The van der Waals surface area contributed by atoms with Crippen LogP contribution in [0.5, 0.6) is 0 Å². The molecular formula is C20H22F2N2O2. The molecular weight excluding hydrogens is 338 g/mol. The van der Waals surface area contributed by atoms with E-state index in [0.717, 1.165) is 37.1 Å². The smallest absolute Gasteiger partial charge is 0.238 e. The number of nitrogens with zero attached hydrogens (tertiary/aromatic N) is 1. The van der Waals surface area contributed by atoms with Gasteiger partial charge in [-0.05, 0) is 30.5 Å². The van der Waals surface area contributed by atoms with Gasteiger partial charge in [0.25, 0.3) is 0 Å². The van der Waals surface area contributed by atoms with E-state index < -0.39 is 11.6 Å². The molecule has 0 aromatic heterocycles. The molecule has 0 radical (unpaired) electrons. The monoisotopic (exact) mass is 360 g/mol. The van der Waals surface area contributed by atoms with E-state index in [1.165, 1.54) is 6.07 Å². The second-order valence-electron chi connectivity index (χ2n) is 6.46. The Kier molecular flexibility index (Phi) is 6.30. The molecule has 26 heavy (non-hydrogen) atoms. The minimum absolute atomic E-state index is 0.0202. The summed E-state index contributed by atoms with van der Waals surface area (Å²) >= 11 is 0. The highest BCUT2D eigenvalue weighted by molar-refractivity contribution is 5.92. The van der Waals surface area contributed by atoms with Crippen molar-refractivity contribution in [3.05, 3.63) is 65.7 Å². The summed E-state index contributed by atoms with van der Waals surface area (Å²) in [5.74, 6) is -1.80. The molecule has 1 aliphatic heterocycles. The highest BCUT2D eigenvalue weighted by Gasteiger charge is 2.21. The van der Waals surface area contributed by atoms with Crippen molar-refractivity contribution in [1.29, 1.82) is 0 Å². The average molecular weight is 360 g/mol. The van der Waals surface area contributed by atoms with Crippen molar-refractivity contribution in [2.75, 3.05) is 25.0 Å². The van der Waals surface area contributed by atoms with Crippen LogP contribution in [0.1, 0.15) is 18.4 Å². The Balaban J connectivity index is 1.64. The molecule has 0 aliphatic carbocycles. The van der Waals surface area contributed by atoms with Gasteiger partial charge in [0, 0.05) is 25.8 Å². The zero-order valence-corrected chi connectivity index (χ0v) is 14.5. The molecule has 0 saturated carbocycles. The summed E-state index contributed by atoms with van der Waals surface area (Å²) in [7, 11) is 0. The Labute approximate surface area is 151 Å². The number of benzene rings is 2. The first-order valence-electron chi connectivity index (χ1n) is 8.73. The number of amides is 1. The van der Waals surface area contributed by atoms with Crippen LogP contribution in [0, 0.1) is 11.6 Å². The van der Waals surface area contributed by atoms with Crippen LogP contribution in [-0.4, -0.2) is 36.6 Å². The van der Waals surface area contributed by atoms with Crippen LogP contribution in [0.3, 0.4) is 0 Å². The fourth-order valence-corrected chi connectivity index (χ4v) is 3.09. The predicted octanol–water partition coefficient (Wildman–Crippen LogP) is 3.58. The van der Waals surface area contributed by atoms with Gasteiger partial charge in [0.2, 0.25) is 5.91 Å². The molecule has 1 N–H and O–H groups in total. The van der Waals surface area contributed by atoms with Crippen LogP contribution in [0.4, 0.5) is 14.5 Å². The van der Waals surface area contributed by atoms with Gasteiger partial charge in [-0.3, -0.25) is 9.69 Å². The maximum atomic E-state index is 13.7. The summed E-state index contributed by atoms with van der Waals surface area (Å²) < 4.78 is 32.4. The van der Waals surface area contributed by atoms with Crippen LogP contribution < -0.4 is 5.32 Å². The second kappa shape index (κ2) is 8.87. The Morgan fingerprint density at radius 2 is 2.00 bits per heavy atom. The van der Waals surface area contributed by atoms with Crippen LogP contribution >= 0.6 is 0 Å². The first-order chi connectivity index (χ1) is 12.6. The number of carbonyl (C=O) groups is 1. The molecule has 1 unspecified atom stereocenters. The quantitative estimate of drug-likeness (QED) is 0.821. The molecule has 1 atom stereocenters. The summed E-state index contributed by atoms with van der Waals surface area (Å²) in [6.07, 6.45) is 2.10. The number of anilines is 1. The topological polar surface area (TPSA) is 41.6 Å². The molecule has 1 fully saturated rings. The fourth-order valence-electron chi connectivity index (χ4n) is 3.09. The first kappa shape index (κ1) is 18.5. The van der Waals surface area contributed by atoms with E-state index in [4.69, 9.17) is 4.74 Å². The number of hydrogen-bond acceptors (Lipinski definition) is 3. The van der Waals surface area contributed by atoms with Gasteiger partial charge in [0.05, 0.1) is 18.3 Å². The van der Waals surface area contributed by atoms with Crippen LogP contribution in [0.15, 0.2) is 48.5 Å². The summed E-state index contributed by atoms with van der Waals surface area (Å²) in [5, 5.41) is 2.52. The third-order valence-electron chi connectivity index (χ3n) is 4.31. The molecule has 3 rings (SSSR count). The van der Waals surface area contributed by atoms with Crippen LogP contribution in [-0.2, 0) is 16.1 Å². The highest BCUT2D eigenvalue weighted by atomic mass is 19.1. The SMILES string of the molecule is O=C(CN(Cc1ccccc1)CC1CCCO1)Nc1ccc(F)cc1F. The van der Waals surface area contributed by atoms with Crippen molar-refractivity contribution in [3.8, 4) is 0 Å². The number of ether oxygens (including phenoxy) is 1. The number of carbonyl (C=O) groups excluding carboxylic acids is 1. The Morgan fingerprint density at radius 1 is 1.19 bits per heavy atom. The second-order valence-corrected chi connectivity index (χ2v) is 6.46. The van der Waals surface area contributed by atoms with Gasteiger partial charge in [-0.15, -0.1) is 0 Å². The molecule has 0 spiro atoms. The average Bonchev–Trinajstić information content (AvgIpc) is 3.11. The van der Waals surface area contributed by atoms with Gasteiger partial charge < -0.3 is 10.1 Å². The van der Waals surface area contributed by atoms with Gasteiger partial charge in [0.1, 0.15) is 11.6 Å². The minimum atomic E-state index is -0.785. The first-order valence-corrected chi connectivity index (χ1v) is 8.73. The summed E-state index contributed by atoms with van der Waals surface area (Å²) in [6.45, 7) is 2.08. The van der Waals surface area contributed by atoms with Crippen LogP contribution in [0.25, 0.3) is 0 Å². The van der Waals surface area contributed by atoms with Gasteiger partial charge in [0.15, 0.2) is 0 Å². The lowest BCUT2D eigenvalue weighted by Crippen LogP contribution is -2.38. The lowest BCUT2D eigenvalue weighted by molar-refractivity contribution is -0.117. The zero-order valence-electron chi connectivity index (χ0n) is 14.5. The lowest BCUT2D eigenvalue weighted by atomic mass is 10.2. The Hall–Kier alpha value is -2.31. The molecule has 138 valence electrons. The Morgan fingerprint density at radius 3 is 2.69 bits per heavy atom. The van der Waals surface area contributed by atoms with E-state index >= 15 is 0 Å². The van der Waals surface area contributed by atoms with E-state index in [0.29, 0.717) is 13.1 Å². The van der Waals surface area contributed by atoms with Gasteiger partial charge in [-0.25, -0.2) is 8.78 Å². The van der Waals surface area contributed by atoms with Gasteiger partial charge in [-0.2, -0.15) is 0 Å². The van der Waals surface area contributed by atoms with E-state index in [1.54, 1.807) is 0 Å². The summed E-state index contributed by atoms with van der Waals surface area (Å²) in [5.41, 5.74) is 1.07. The van der Waals surface area contributed by atoms with Gasteiger partial charge in [-0.1, -0.05) is 30.3 Å². The van der Waals surface area contributed by atoms with Gasteiger partial charge >= 0.3 is 0 Å². The molecule has 6 heteroatoms. The molecule has 2 aromatic rings. The predicted molar refractivity (Wildman–Crippen MR) is 95.7 cm³/mol. The largest absolute Gasteiger partial charge is 0.377 e. The molecule has 1 saturated heterocycles. The highest BCUT2D eigenvalue weighted by Crippen LogP contribution is 2.17. The normalized spacial score (nSPS) is 16.8. The molecule has 1 amide bonds. The van der Waals surface area contributed by atoms with Crippen molar-refractivity contribution in [3.63, 3.8) is 0 Å². The summed E-state index contributed by atoms with van der Waals surface area (Å²) in [4.78, 5) is 14.4. The third-order valence-corrected chi connectivity index (χ3v) is 4.31. The van der Waals surface area contributed by atoms with Crippen molar-refractivity contribution in [1.82, 2.24) is 4.90 Å². The maximum Gasteiger partial charge on any atom is 0.238 e. The molecule has 2 aromatic carbocycles. The Bertz CT molecular complexity index is 734.